The molecule has 0 spiro atoms. The fraction of sp³-hybridized carbons (Fsp3) is 0.0952. The first-order valence-electron chi connectivity index (χ1n) is 8.75. The lowest BCUT2D eigenvalue weighted by molar-refractivity contribution is 0.194. The van der Waals surface area contributed by atoms with Crippen molar-refractivity contribution in [1.29, 1.82) is 0 Å². The first-order valence-corrected chi connectivity index (χ1v) is 8.75. The minimum atomic E-state index is -1.11. The number of imidazole rings is 1. The topological polar surface area (TPSA) is 91.5 Å². The zero-order valence-corrected chi connectivity index (χ0v) is 14.9. The molecule has 140 valence electrons. The fourth-order valence-electron chi connectivity index (χ4n) is 3.20. The summed E-state index contributed by atoms with van der Waals surface area (Å²) in [5.41, 5.74) is 4.06. The second kappa shape index (κ2) is 7.50. The van der Waals surface area contributed by atoms with Gasteiger partial charge in [-0.25, -0.2) is 24.4 Å². The molecule has 0 saturated carbocycles. The van der Waals surface area contributed by atoms with Crippen LogP contribution in [0, 0.1) is 0 Å². The molecule has 0 unspecified atom stereocenters. The maximum atomic E-state index is 11.9. The summed E-state index contributed by atoms with van der Waals surface area (Å²) < 4.78 is 1.43. The van der Waals surface area contributed by atoms with E-state index in [1.54, 1.807) is 6.20 Å². The van der Waals surface area contributed by atoms with Crippen molar-refractivity contribution >= 4 is 17.3 Å². The van der Waals surface area contributed by atoms with Gasteiger partial charge in [-0.15, -0.1) is 0 Å². The Morgan fingerprint density at radius 3 is 2.32 bits per heavy atom. The smallest absolute Gasteiger partial charge is 0.427 e. The number of pyridine rings is 1. The second-order valence-corrected chi connectivity index (χ2v) is 6.27. The van der Waals surface area contributed by atoms with Crippen molar-refractivity contribution in [1.82, 2.24) is 14.6 Å². The lowest BCUT2D eigenvalue weighted by Crippen LogP contribution is -2.38. The number of carboxylic acid groups (broad SMARTS) is 1. The summed E-state index contributed by atoms with van der Waals surface area (Å²) in [5.74, 6) is 0. The quantitative estimate of drug-likeness (QED) is 0.559. The van der Waals surface area contributed by atoms with E-state index < -0.39 is 6.09 Å². The molecule has 2 heterocycles. The van der Waals surface area contributed by atoms with E-state index in [0.717, 1.165) is 21.7 Å². The number of aliphatic hydroxyl groups is 1. The van der Waals surface area contributed by atoms with Crippen molar-refractivity contribution in [3.8, 4) is 11.1 Å². The predicted molar refractivity (Wildman–Crippen MR) is 105 cm³/mol. The molecule has 0 aliphatic heterocycles. The molecule has 0 aliphatic carbocycles. The predicted octanol–water partition coefficient (Wildman–Crippen LogP) is 3.41. The van der Waals surface area contributed by atoms with Crippen LogP contribution >= 0.6 is 0 Å². The van der Waals surface area contributed by atoms with E-state index in [2.05, 4.69) is 9.97 Å². The largest absolute Gasteiger partial charge is 0.464 e. The lowest BCUT2D eigenvalue weighted by atomic mass is 10.0. The highest BCUT2D eigenvalue weighted by Gasteiger charge is 2.21. The Bertz CT molecular complexity index is 1110. The maximum absolute atomic E-state index is 11.9. The van der Waals surface area contributed by atoms with Gasteiger partial charge in [-0.05, 0) is 11.1 Å². The van der Waals surface area contributed by atoms with E-state index in [9.17, 15) is 15.0 Å². The third-order valence-electron chi connectivity index (χ3n) is 4.51. The van der Waals surface area contributed by atoms with E-state index in [-0.39, 0.29) is 13.2 Å². The Balaban J connectivity index is 1.86. The van der Waals surface area contributed by atoms with Crippen LogP contribution in [0.4, 0.5) is 4.79 Å². The van der Waals surface area contributed by atoms with Gasteiger partial charge in [0.2, 0.25) is 0 Å². The molecule has 2 aromatic heterocycles. The molecule has 0 fully saturated rings. The summed E-state index contributed by atoms with van der Waals surface area (Å²) in [7, 11) is 0. The molecule has 7 heteroatoms. The number of aliphatic hydroxyl groups excluding tert-OH is 1. The van der Waals surface area contributed by atoms with Crippen LogP contribution < -0.4 is 5.01 Å². The van der Waals surface area contributed by atoms with Crippen molar-refractivity contribution in [3.05, 3.63) is 84.3 Å². The third kappa shape index (κ3) is 3.19. The number of hydrogen-bond donors (Lipinski definition) is 2. The van der Waals surface area contributed by atoms with Gasteiger partial charge in [-0.1, -0.05) is 60.7 Å². The van der Waals surface area contributed by atoms with Gasteiger partial charge in [0.1, 0.15) is 11.8 Å². The lowest BCUT2D eigenvalue weighted by Gasteiger charge is -2.20. The Morgan fingerprint density at radius 1 is 1.00 bits per heavy atom. The number of hydrogen-bond acceptors (Lipinski definition) is 4. The van der Waals surface area contributed by atoms with Crippen molar-refractivity contribution in [3.63, 3.8) is 0 Å². The van der Waals surface area contributed by atoms with E-state index in [1.807, 2.05) is 60.7 Å². The molecular weight excluding hydrogens is 356 g/mol. The van der Waals surface area contributed by atoms with Crippen LogP contribution in [0.5, 0.6) is 0 Å². The summed E-state index contributed by atoms with van der Waals surface area (Å²) in [5, 5.41) is 20.7. The van der Waals surface area contributed by atoms with Crippen LogP contribution in [-0.2, 0) is 13.2 Å². The van der Waals surface area contributed by atoms with E-state index in [4.69, 9.17) is 0 Å². The summed E-state index contributed by atoms with van der Waals surface area (Å²) in [6.45, 7) is -0.0293. The van der Waals surface area contributed by atoms with Gasteiger partial charge in [-0.2, -0.15) is 0 Å². The van der Waals surface area contributed by atoms with Gasteiger partial charge in [0.25, 0.3) is 0 Å². The summed E-state index contributed by atoms with van der Waals surface area (Å²) in [4.78, 5) is 20.7. The summed E-state index contributed by atoms with van der Waals surface area (Å²) in [6, 6.07) is 18.9. The van der Waals surface area contributed by atoms with Crippen LogP contribution in [-0.4, -0.2) is 31.0 Å². The fourth-order valence-corrected chi connectivity index (χ4v) is 3.20. The number of amides is 1. The van der Waals surface area contributed by atoms with Crippen molar-refractivity contribution in [2.24, 2.45) is 0 Å². The maximum Gasteiger partial charge on any atom is 0.427 e. The molecule has 0 bridgehead atoms. The zero-order valence-electron chi connectivity index (χ0n) is 14.9. The standard InChI is InChI=1S/C21H18N4O3/c26-13-17-11-22-20-19(18(17)16-9-5-2-6-10-16)23-14-25(20)24(21(27)28)12-15-7-3-1-4-8-15/h1-11,14,26H,12-13H2,(H,27,28). The van der Waals surface area contributed by atoms with Crippen LogP contribution in [0.25, 0.3) is 22.3 Å². The first kappa shape index (κ1) is 17.7. The van der Waals surface area contributed by atoms with Gasteiger partial charge < -0.3 is 10.2 Å². The monoisotopic (exact) mass is 374 g/mol. The Kier molecular flexibility index (Phi) is 4.74. The summed E-state index contributed by atoms with van der Waals surface area (Å²) in [6.07, 6.45) is 1.89. The molecule has 4 aromatic rings. The normalized spacial score (nSPS) is 10.9. The van der Waals surface area contributed by atoms with Gasteiger partial charge in [-0.3, -0.25) is 0 Å². The molecule has 0 aliphatic rings. The van der Waals surface area contributed by atoms with Crippen LogP contribution in [0.2, 0.25) is 0 Å². The highest BCUT2D eigenvalue weighted by Crippen LogP contribution is 2.30. The third-order valence-corrected chi connectivity index (χ3v) is 4.51. The SMILES string of the molecule is O=C(O)N(Cc1ccccc1)n1cnc2c(-c3ccccc3)c(CO)cnc21. The first-order chi connectivity index (χ1) is 13.7. The molecule has 7 nitrogen and oxygen atoms in total. The summed E-state index contributed by atoms with van der Waals surface area (Å²) >= 11 is 0. The molecule has 0 radical (unpaired) electrons. The Morgan fingerprint density at radius 2 is 1.68 bits per heavy atom. The van der Waals surface area contributed by atoms with E-state index >= 15 is 0 Å². The average molecular weight is 374 g/mol. The molecule has 2 aromatic carbocycles. The second-order valence-electron chi connectivity index (χ2n) is 6.27. The van der Waals surface area contributed by atoms with Gasteiger partial charge in [0, 0.05) is 17.3 Å². The van der Waals surface area contributed by atoms with E-state index in [0.29, 0.717) is 16.7 Å². The number of carbonyl (C=O) groups is 1. The van der Waals surface area contributed by atoms with Crippen molar-refractivity contribution in [2.75, 3.05) is 5.01 Å². The molecule has 4 rings (SSSR count). The van der Waals surface area contributed by atoms with Crippen molar-refractivity contribution < 1.29 is 15.0 Å². The number of aromatic nitrogens is 3. The minimum Gasteiger partial charge on any atom is -0.464 e. The molecule has 2 N–H and O–H groups in total. The number of benzene rings is 2. The minimum absolute atomic E-state index is 0.158. The Labute approximate surface area is 161 Å². The van der Waals surface area contributed by atoms with Crippen LogP contribution in [0.3, 0.4) is 0 Å². The zero-order chi connectivity index (χ0) is 19.5. The van der Waals surface area contributed by atoms with Gasteiger partial charge >= 0.3 is 6.09 Å². The molecule has 28 heavy (non-hydrogen) atoms. The van der Waals surface area contributed by atoms with E-state index in [1.165, 1.54) is 11.0 Å². The van der Waals surface area contributed by atoms with Gasteiger partial charge in [0.05, 0.1) is 13.2 Å². The number of rotatable bonds is 5. The van der Waals surface area contributed by atoms with Gasteiger partial charge in [0.15, 0.2) is 5.65 Å². The molecule has 0 atom stereocenters. The number of nitrogens with zero attached hydrogens (tertiary/aromatic N) is 4. The highest BCUT2D eigenvalue weighted by atomic mass is 16.4. The molecule has 1 amide bonds. The number of fused-ring (bicyclic) bond motifs is 1. The van der Waals surface area contributed by atoms with Crippen molar-refractivity contribution in [2.45, 2.75) is 13.2 Å². The highest BCUT2D eigenvalue weighted by molar-refractivity contribution is 5.92. The Hall–Kier alpha value is -3.71. The van der Waals surface area contributed by atoms with Crippen LogP contribution in [0.1, 0.15) is 11.1 Å². The molecule has 0 saturated heterocycles. The molecular formula is C21H18N4O3. The van der Waals surface area contributed by atoms with Crippen LogP contribution in [0.15, 0.2) is 73.2 Å². The average Bonchev–Trinajstić information content (AvgIpc) is 3.16.